The van der Waals surface area contributed by atoms with E-state index in [1.807, 2.05) is 43.3 Å². The molecule has 0 heterocycles. The largest absolute Gasteiger partial charge is 0.323 e. The Morgan fingerprint density at radius 1 is 1.05 bits per heavy atom. The predicted molar refractivity (Wildman–Crippen MR) is 83.8 cm³/mol. The number of halogens is 1. The summed E-state index contributed by atoms with van der Waals surface area (Å²) in [6.07, 6.45) is 3.39. The monoisotopic (exact) mass is 286 g/mol. The van der Waals surface area contributed by atoms with Crippen molar-refractivity contribution in [1.82, 2.24) is 5.32 Å². The van der Waals surface area contributed by atoms with Gasteiger partial charge in [-0.1, -0.05) is 41.4 Å². The van der Waals surface area contributed by atoms with E-state index in [1.165, 1.54) is 0 Å². The van der Waals surface area contributed by atoms with Crippen LogP contribution in [0.2, 0.25) is 5.02 Å². The molecule has 0 fully saturated rings. The fraction of sp³-hybridized carbons (Fsp3) is 0.0625. The maximum Gasteiger partial charge on any atom is 0.323 e. The van der Waals surface area contributed by atoms with Gasteiger partial charge in [-0.2, -0.15) is 0 Å². The third-order valence-corrected chi connectivity index (χ3v) is 2.92. The molecule has 3 nitrogen and oxygen atoms in total. The third kappa shape index (κ3) is 4.44. The average molecular weight is 287 g/mol. The minimum absolute atomic E-state index is 0.279. The number of anilines is 1. The second kappa shape index (κ2) is 6.78. The quantitative estimate of drug-likeness (QED) is 0.860. The summed E-state index contributed by atoms with van der Waals surface area (Å²) in [4.78, 5) is 11.6. The molecule has 0 spiro atoms. The molecule has 4 heteroatoms. The van der Waals surface area contributed by atoms with Crippen molar-refractivity contribution in [3.63, 3.8) is 0 Å². The number of amides is 2. The van der Waals surface area contributed by atoms with Crippen molar-refractivity contribution in [2.45, 2.75) is 6.92 Å². The number of nitrogens with one attached hydrogen (secondary N) is 2. The summed E-state index contributed by atoms with van der Waals surface area (Å²) in [6.45, 7) is 2.00. The molecule has 2 N–H and O–H groups in total. The summed E-state index contributed by atoms with van der Waals surface area (Å²) in [5.41, 5.74) is 2.87. The second-order valence-electron chi connectivity index (χ2n) is 4.35. The molecule has 0 aliphatic carbocycles. The van der Waals surface area contributed by atoms with Gasteiger partial charge in [0.15, 0.2) is 0 Å². The molecule has 20 heavy (non-hydrogen) atoms. The molecule has 0 bridgehead atoms. The zero-order valence-electron chi connectivity index (χ0n) is 11.1. The zero-order chi connectivity index (χ0) is 14.4. The number of hydrogen-bond donors (Lipinski definition) is 2. The standard InChI is InChI=1S/C16H15ClN2O/c1-12-2-8-15(9-3-12)19-16(20)18-11-10-13-4-6-14(17)7-5-13/h2-11H,1H3,(H2,18,19,20)/b11-10+. The van der Waals surface area contributed by atoms with E-state index >= 15 is 0 Å². The highest BCUT2D eigenvalue weighted by Crippen LogP contribution is 2.10. The highest BCUT2D eigenvalue weighted by Gasteiger charge is 1.98. The van der Waals surface area contributed by atoms with Gasteiger partial charge in [-0.15, -0.1) is 0 Å². The van der Waals surface area contributed by atoms with E-state index in [1.54, 1.807) is 24.4 Å². The predicted octanol–water partition coefficient (Wildman–Crippen LogP) is 4.44. The van der Waals surface area contributed by atoms with Crippen LogP contribution in [0.25, 0.3) is 6.08 Å². The number of benzene rings is 2. The molecule has 0 aliphatic rings. The molecule has 0 unspecified atom stereocenters. The Balaban J connectivity index is 1.85. The van der Waals surface area contributed by atoms with Crippen LogP contribution in [0.1, 0.15) is 11.1 Å². The van der Waals surface area contributed by atoms with Gasteiger partial charge in [0.05, 0.1) is 0 Å². The van der Waals surface area contributed by atoms with Crippen LogP contribution in [-0.2, 0) is 0 Å². The Morgan fingerprint density at radius 2 is 1.70 bits per heavy atom. The number of aryl methyl sites for hydroxylation is 1. The summed E-state index contributed by atoms with van der Waals surface area (Å²) in [5, 5.41) is 6.07. The van der Waals surface area contributed by atoms with Crippen LogP contribution >= 0.6 is 11.6 Å². The summed E-state index contributed by atoms with van der Waals surface area (Å²) in [5.74, 6) is 0. The van der Waals surface area contributed by atoms with Gasteiger partial charge in [0.1, 0.15) is 0 Å². The Bertz CT molecular complexity index is 603. The first-order valence-corrected chi connectivity index (χ1v) is 6.57. The van der Waals surface area contributed by atoms with Gasteiger partial charge in [0.25, 0.3) is 0 Å². The van der Waals surface area contributed by atoms with Crippen molar-refractivity contribution in [3.05, 3.63) is 70.9 Å². The lowest BCUT2D eigenvalue weighted by molar-refractivity contribution is 0.255. The number of rotatable bonds is 3. The second-order valence-corrected chi connectivity index (χ2v) is 4.79. The van der Waals surface area contributed by atoms with E-state index in [-0.39, 0.29) is 6.03 Å². The topological polar surface area (TPSA) is 41.1 Å². The van der Waals surface area contributed by atoms with Crippen LogP contribution in [-0.4, -0.2) is 6.03 Å². The lowest BCUT2D eigenvalue weighted by Gasteiger charge is -2.04. The molecule has 0 aliphatic heterocycles. The number of carbonyl (C=O) groups is 1. The molecule has 2 aromatic rings. The fourth-order valence-corrected chi connectivity index (χ4v) is 1.72. The van der Waals surface area contributed by atoms with E-state index in [2.05, 4.69) is 10.6 Å². The van der Waals surface area contributed by atoms with Gasteiger partial charge in [-0.05, 0) is 42.8 Å². The van der Waals surface area contributed by atoms with Gasteiger partial charge in [-0.25, -0.2) is 4.79 Å². The van der Waals surface area contributed by atoms with Crippen molar-refractivity contribution in [2.24, 2.45) is 0 Å². The van der Waals surface area contributed by atoms with Crippen molar-refractivity contribution < 1.29 is 4.79 Å². The molecule has 0 radical (unpaired) electrons. The van der Waals surface area contributed by atoms with Crippen molar-refractivity contribution in [1.29, 1.82) is 0 Å². The van der Waals surface area contributed by atoms with Crippen LogP contribution in [0.15, 0.2) is 54.7 Å². The first-order chi connectivity index (χ1) is 9.63. The molecule has 0 aromatic heterocycles. The van der Waals surface area contributed by atoms with Gasteiger partial charge in [-0.3, -0.25) is 0 Å². The number of hydrogen-bond acceptors (Lipinski definition) is 1. The molecular weight excluding hydrogens is 272 g/mol. The third-order valence-electron chi connectivity index (χ3n) is 2.67. The van der Waals surface area contributed by atoms with Crippen LogP contribution < -0.4 is 10.6 Å². The average Bonchev–Trinajstić information content (AvgIpc) is 2.44. The van der Waals surface area contributed by atoms with Crippen molar-refractivity contribution in [3.8, 4) is 0 Å². The number of urea groups is 1. The van der Waals surface area contributed by atoms with Gasteiger partial charge >= 0.3 is 6.03 Å². The van der Waals surface area contributed by atoms with E-state index in [4.69, 9.17) is 11.6 Å². The van der Waals surface area contributed by atoms with E-state index in [0.29, 0.717) is 5.02 Å². The van der Waals surface area contributed by atoms with Gasteiger partial charge in [0.2, 0.25) is 0 Å². The lowest BCUT2D eigenvalue weighted by atomic mass is 10.2. The molecule has 0 saturated carbocycles. The summed E-state index contributed by atoms with van der Waals surface area (Å²) in [7, 11) is 0. The maximum atomic E-state index is 11.6. The Hall–Kier alpha value is -2.26. The summed E-state index contributed by atoms with van der Waals surface area (Å²) >= 11 is 5.79. The smallest absolute Gasteiger partial charge is 0.314 e. The zero-order valence-corrected chi connectivity index (χ0v) is 11.8. The SMILES string of the molecule is Cc1ccc(NC(=O)N/C=C/c2ccc(Cl)cc2)cc1. The molecule has 102 valence electrons. The van der Waals surface area contributed by atoms with Crippen molar-refractivity contribution >= 4 is 29.4 Å². The highest BCUT2D eigenvalue weighted by atomic mass is 35.5. The normalized spacial score (nSPS) is 10.5. The van der Waals surface area contributed by atoms with Gasteiger partial charge in [0, 0.05) is 16.9 Å². The van der Waals surface area contributed by atoms with E-state index in [9.17, 15) is 4.79 Å². The molecule has 2 amide bonds. The lowest BCUT2D eigenvalue weighted by Crippen LogP contribution is -2.23. The summed E-state index contributed by atoms with van der Waals surface area (Å²) < 4.78 is 0. The molecule has 0 atom stereocenters. The number of carbonyl (C=O) groups excluding carboxylic acids is 1. The van der Waals surface area contributed by atoms with Gasteiger partial charge < -0.3 is 10.6 Å². The Morgan fingerprint density at radius 3 is 2.35 bits per heavy atom. The first-order valence-electron chi connectivity index (χ1n) is 6.20. The van der Waals surface area contributed by atoms with Crippen LogP contribution in [0, 0.1) is 6.92 Å². The van der Waals surface area contributed by atoms with Crippen LogP contribution in [0.3, 0.4) is 0 Å². The molecular formula is C16H15ClN2O. The molecule has 2 rings (SSSR count). The Kier molecular flexibility index (Phi) is 4.80. The minimum atomic E-state index is -0.279. The maximum absolute atomic E-state index is 11.6. The van der Waals surface area contributed by atoms with Crippen molar-refractivity contribution in [2.75, 3.05) is 5.32 Å². The Labute approximate surface area is 123 Å². The highest BCUT2D eigenvalue weighted by molar-refractivity contribution is 6.30. The van der Waals surface area contributed by atoms with E-state index in [0.717, 1.165) is 16.8 Å². The molecule has 2 aromatic carbocycles. The molecule has 0 saturated heterocycles. The minimum Gasteiger partial charge on any atom is -0.314 e. The fourth-order valence-electron chi connectivity index (χ4n) is 1.59. The first kappa shape index (κ1) is 14.2. The van der Waals surface area contributed by atoms with Crippen LogP contribution in [0.4, 0.5) is 10.5 Å². The summed E-state index contributed by atoms with van der Waals surface area (Å²) in [6, 6.07) is 14.7. The van der Waals surface area contributed by atoms with Crippen LogP contribution in [0.5, 0.6) is 0 Å². The van der Waals surface area contributed by atoms with E-state index < -0.39 is 0 Å².